The number of carbonyl (C=O) groups is 1. The maximum absolute atomic E-state index is 11.5. The predicted octanol–water partition coefficient (Wildman–Crippen LogP) is 2.28. The van der Waals surface area contributed by atoms with Gasteiger partial charge in [-0.1, -0.05) is 6.92 Å². The van der Waals surface area contributed by atoms with Crippen molar-refractivity contribution in [3.63, 3.8) is 0 Å². The van der Waals surface area contributed by atoms with Crippen molar-refractivity contribution in [3.05, 3.63) is 11.8 Å². The van der Waals surface area contributed by atoms with Crippen molar-refractivity contribution in [1.82, 2.24) is 9.97 Å². The van der Waals surface area contributed by atoms with E-state index in [0.717, 1.165) is 32.1 Å². The van der Waals surface area contributed by atoms with Crippen molar-refractivity contribution in [2.75, 3.05) is 10.6 Å². The quantitative estimate of drug-likeness (QED) is 0.634. The Kier molecular flexibility index (Phi) is 5.32. The number of nitrogens with two attached hydrogens (primary N) is 1. The van der Waals surface area contributed by atoms with Gasteiger partial charge in [-0.15, -0.1) is 0 Å². The molecule has 1 aromatic rings. The Bertz CT molecular complexity index is 595. The summed E-state index contributed by atoms with van der Waals surface area (Å²) in [5.74, 6) is 0.355. The summed E-state index contributed by atoms with van der Waals surface area (Å²) in [6.45, 7) is 8.07. The summed E-state index contributed by atoms with van der Waals surface area (Å²) in [6.07, 6.45) is 5.41. The van der Waals surface area contributed by atoms with Crippen LogP contribution in [0.4, 0.5) is 11.8 Å². The Hall–Kier alpha value is -1.89. The monoisotopic (exact) mass is 335 g/mol. The molecule has 5 N–H and O–H groups in total. The van der Waals surface area contributed by atoms with Crippen molar-refractivity contribution in [3.8, 4) is 0 Å². The molecule has 2 rings (SSSR count). The van der Waals surface area contributed by atoms with Crippen LogP contribution >= 0.6 is 0 Å². The Labute approximate surface area is 143 Å². The van der Waals surface area contributed by atoms with Crippen molar-refractivity contribution < 1.29 is 9.90 Å². The molecule has 1 aliphatic carbocycles. The molecule has 0 radical (unpaired) electrons. The Morgan fingerprint density at radius 1 is 1.38 bits per heavy atom. The van der Waals surface area contributed by atoms with Gasteiger partial charge in [0, 0.05) is 17.8 Å². The molecule has 0 atom stereocenters. The van der Waals surface area contributed by atoms with Gasteiger partial charge in [-0.25, -0.2) is 4.98 Å². The van der Waals surface area contributed by atoms with Crippen LogP contribution in [0.2, 0.25) is 0 Å². The molecular formula is C17H29N5O2. The summed E-state index contributed by atoms with van der Waals surface area (Å²) in [5, 5.41) is 16.9. The fourth-order valence-electron chi connectivity index (χ4n) is 3.02. The zero-order valence-corrected chi connectivity index (χ0v) is 15.0. The van der Waals surface area contributed by atoms with Crippen LogP contribution in [0.3, 0.4) is 0 Å². The second-order valence-electron chi connectivity index (χ2n) is 7.38. The van der Waals surface area contributed by atoms with Gasteiger partial charge < -0.3 is 21.5 Å². The van der Waals surface area contributed by atoms with Crippen molar-refractivity contribution in [2.24, 2.45) is 5.73 Å². The second kappa shape index (κ2) is 6.93. The van der Waals surface area contributed by atoms with Crippen molar-refractivity contribution >= 4 is 17.7 Å². The molecule has 0 bridgehead atoms. The lowest BCUT2D eigenvalue weighted by molar-refractivity contribution is -0.0127. The Balaban J connectivity index is 2.16. The molecule has 0 saturated heterocycles. The standard InChI is InChI=1S/C17H29N5O2/c1-5-17(24)8-6-16(4,7-9-17)22-15-19-10-12(13(18)23)14(21-15)20-11(2)3/h10-11,24H,5-9H2,1-4H3,(H2,18,23)(H2,19,20,21,22). The summed E-state index contributed by atoms with van der Waals surface area (Å²) in [6, 6.07) is 0.121. The van der Waals surface area contributed by atoms with E-state index in [-0.39, 0.29) is 17.1 Å². The largest absolute Gasteiger partial charge is 0.390 e. The number of anilines is 2. The number of primary amides is 1. The molecule has 0 spiro atoms. The van der Waals surface area contributed by atoms with Gasteiger partial charge in [-0.2, -0.15) is 4.98 Å². The molecule has 1 amide bonds. The molecule has 24 heavy (non-hydrogen) atoms. The smallest absolute Gasteiger partial charge is 0.254 e. The minimum atomic E-state index is -0.554. The van der Waals surface area contributed by atoms with Crippen LogP contribution in [0, 0.1) is 0 Å². The Morgan fingerprint density at radius 3 is 2.50 bits per heavy atom. The van der Waals surface area contributed by atoms with Crippen LogP contribution < -0.4 is 16.4 Å². The molecule has 134 valence electrons. The third-order valence-electron chi connectivity index (χ3n) is 4.84. The summed E-state index contributed by atoms with van der Waals surface area (Å²) in [5.41, 5.74) is 4.94. The molecule has 0 unspecified atom stereocenters. The van der Waals surface area contributed by atoms with E-state index < -0.39 is 11.5 Å². The number of aromatic nitrogens is 2. The predicted molar refractivity (Wildman–Crippen MR) is 95.0 cm³/mol. The second-order valence-corrected chi connectivity index (χ2v) is 7.38. The van der Waals surface area contributed by atoms with Crippen molar-refractivity contribution in [1.29, 1.82) is 0 Å². The highest BCUT2D eigenvalue weighted by Gasteiger charge is 2.38. The van der Waals surface area contributed by atoms with E-state index >= 15 is 0 Å². The van der Waals surface area contributed by atoms with Gasteiger partial charge in [0.05, 0.1) is 11.2 Å². The molecule has 7 heteroatoms. The first kappa shape index (κ1) is 18.4. The fourth-order valence-corrected chi connectivity index (χ4v) is 3.02. The van der Waals surface area contributed by atoms with E-state index in [2.05, 4.69) is 27.5 Å². The molecule has 1 saturated carbocycles. The SMILES string of the molecule is CCC1(O)CCC(C)(Nc2ncc(C(N)=O)c(NC(C)C)n2)CC1. The number of nitrogens with zero attached hydrogens (tertiary/aromatic N) is 2. The maximum Gasteiger partial charge on any atom is 0.254 e. The molecule has 1 fully saturated rings. The van der Waals surface area contributed by atoms with E-state index in [1.165, 1.54) is 6.20 Å². The fraction of sp³-hybridized carbons (Fsp3) is 0.706. The zero-order valence-electron chi connectivity index (χ0n) is 15.0. The molecule has 1 heterocycles. The summed E-state index contributed by atoms with van der Waals surface area (Å²) >= 11 is 0. The summed E-state index contributed by atoms with van der Waals surface area (Å²) in [4.78, 5) is 20.2. The van der Waals surface area contributed by atoms with E-state index in [0.29, 0.717) is 11.8 Å². The van der Waals surface area contributed by atoms with Crippen LogP contribution in [0.15, 0.2) is 6.20 Å². The number of rotatable bonds is 6. The van der Waals surface area contributed by atoms with Gasteiger partial charge in [-0.05, 0) is 52.9 Å². The number of carbonyl (C=O) groups excluding carboxylic acids is 1. The summed E-state index contributed by atoms with van der Waals surface area (Å²) < 4.78 is 0. The van der Waals surface area contributed by atoms with Crippen molar-refractivity contribution in [2.45, 2.75) is 77.0 Å². The lowest BCUT2D eigenvalue weighted by Crippen LogP contribution is -2.45. The molecule has 1 aromatic heterocycles. The lowest BCUT2D eigenvalue weighted by atomic mass is 9.74. The van der Waals surface area contributed by atoms with Crippen LogP contribution in [0.1, 0.15) is 70.2 Å². The number of amides is 1. The number of hydrogen-bond acceptors (Lipinski definition) is 6. The Morgan fingerprint density at radius 2 is 2.00 bits per heavy atom. The van der Waals surface area contributed by atoms with Gasteiger partial charge in [0.15, 0.2) is 0 Å². The van der Waals surface area contributed by atoms with Gasteiger partial charge in [0.1, 0.15) is 5.82 Å². The minimum Gasteiger partial charge on any atom is -0.390 e. The molecule has 1 aliphatic rings. The first-order valence-corrected chi connectivity index (χ1v) is 8.60. The third kappa shape index (κ3) is 4.35. The third-order valence-corrected chi connectivity index (χ3v) is 4.84. The van der Waals surface area contributed by atoms with Gasteiger partial charge in [0.2, 0.25) is 5.95 Å². The van der Waals surface area contributed by atoms with Crippen LogP contribution in [-0.4, -0.2) is 38.2 Å². The average Bonchev–Trinajstić information content (AvgIpc) is 2.50. The highest BCUT2D eigenvalue weighted by atomic mass is 16.3. The molecule has 0 aliphatic heterocycles. The number of nitrogens with one attached hydrogen (secondary N) is 2. The average molecular weight is 335 g/mol. The zero-order chi connectivity index (χ0) is 18.0. The van der Waals surface area contributed by atoms with Gasteiger partial charge in [-0.3, -0.25) is 4.79 Å². The normalized spacial score (nSPS) is 27.1. The van der Waals surface area contributed by atoms with Crippen LogP contribution in [0.25, 0.3) is 0 Å². The van der Waals surface area contributed by atoms with E-state index in [1.54, 1.807) is 0 Å². The van der Waals surface area contributed by atoms with Gasteiger partial charge in [0.25, 0.3) is 5.91 Å². The highest BCUT2D eigenvalue weighted by Crippen LogP contribution is 2.38. The minimum absolute atomic E-state index is 0.121. The summed E-state index contributed by atoms with van der Waals surface area (Å²) in [7, 11) is 0. The highest BCUT2D eigenvalue weighted by molar-refractivity contribution is 5.97. The topological polar surface area (TPSA) is 113 Å². The molecular weight excluding hydrogens is 306 g/mol. The lowest BCUT2D eigenvalue weighted by Gasteiger charge is -2.42. The maximum atomic E-state index is 11.5. The molecule has 7 nitrogen and oxygen atoms in total. The van der Waals surface area contributed by atoms with Crippen LogP contribution in [-0.2, 0) is 0 Å². The molecule has 0 aromatic carbocycles. The van der Waals surface area contributed by atoms with E-state index in [9.17, 15) is 9.90 Å². The number of aliphatic hydroxyl groups is 1. The van der Waals surface area contributed by atoms with Gasteiger partial charge >= 0.3 is 0 Å². The van der Waals surface area contributed by atoms with E-state index in [4.69, 9.17) is 5.73 Å². The van der Waals surface area contributed by atoms with Crippen LogP contribution in [0.5, 0.6) is 0 Å². The first-order chi connectivity index (χ1) is 11.2. The first-order valence-electron chi connectivity index (χ1n) is 8.60. The van der Waals surface area contributed by atoms with E-state index in [1.807, 2.05) is 20.8 Å². The number of hydrogen-bond donors (Lipinski definition) is 4.